The molecule has 0 spiro atoms. The van der Waals surface area contributed by atoms with Crippen molar-refractivity contribution in [2.75, 3.05) is 26.3 Å². The third-order valence-corrected chi connectivity index (χ3v) is 10.2. The normalized spacial score (nSPS) is 24.9. The minimum Gasteiger partial charge on any atom is -0.613 e. The molecule has 9 nitrogen and oxygen atoms in total. The molecule has 2 heterocycles. The van der Waals surface area contributed by atoms with Crippen molar-refractivity contribution < 1.29 is 37.8 Å². The molecule has 45 heavy (non-hydrogen) atoms. The Labute approximate surface area is 264 Å². The van der Waals surface area contributed by atoms with Gasteiger partial charge < -0.3 is 15.1 Å². The first kappa shape index (κ1) is 32.2. The van der Waals surface area contributed by atoms with E-state index in [4.69, 9.17) is 21.4 Å². The van der Waals surface area contributed by atoms with Crippen molar-refractivity contribution in [3.63, 3.8) is 0 Å². The number of hydroxylamine groups is 1. The summed E-state index contributed by atoms with van der Waals surface area (Å²) < 4.78 is 49.6. The van der Waals surface area contributed by atoms with E-state index < -0.39 is 35.4 Å². The fraction of sp³-hybridized carbons (Fsp3) is 0.594. The van der Waals surface area contributed by atoms with Gasteiger partial charge in [0.15, 0.2) is 0 Å². The lowest BCUT2D eigenvalue weighted by molar-refractivity contribution is -0.995. The van der Waals surface area contributed by atoms with Crippen LogP contribution in [0.2, 0.25) is 5.02 Å². The highest BCUT2D eigenvalue weighted by Gasteiger charge is 2.65. The predicted octanol–water partition coefficient (Wildman–Crippen LogP) is 4.74. The number of hydrogen-bond donors (Lipinski definition) is 2. The molecule has 1 aromatic heterocycles. The van der Waals surface area contributed by atoms with Crippen LogP contribution < -0.4 is 5.17 Å². The Morgan fingerprint density at radius 2 is 1.87 bits per heavy atom. The summed E-state index contributed by atoms with van der Waals surface area (Å²) in [5, 5.41) is 29.8. The van der Waals surface area contributed by atoms with E-state index >= 15 is 0 Å². The lowest BCUT2D eigenvalue weighted by Gasteiger charge is -2.41. The SMILES string of the molecule is O=C(O)[C@H]1CC=C(c2nn(C(=O)c3c(Cl)cccc3C3(C(F)(F)F)CC3)c3c2CC[C@@H]([NH+]([O-])N2CCCCOCCC2)C3)CC1. The first-order valence-electron chi connectivity index (χ1n) is 15.8. The Balaban J connectivity index is 1.39. The van der Waals surface area contributed by atoms with Crippen LogP contribution in [0.4, 0.5) is 13.2 Å². The van der Waals surface area contributed by atoms with Crippen LogP contribution in [-0.4, -0.2) is 70.3 Å². The molecule has 6 rings (SSSR count). The number of alkyl halides is 3. The van der Waals surface area contributed by atoms with Gasteiger partial charge in [-0.25, -0.2) is 0 Å². The first-order valence-corrected chi connectivity index (χ1v) is 16.2. The minimum absolute atomic E-state index is 0.00193. The number of ether oxygens (including phenoxy) is 1. The lowest BCUT2D eigenvalue weighted by atomic mass is 9.84. The predicted molar refractivity (Wildman–Crippen MR) is 160 cm³/mol. The number of allylic oxidation sites excluding steroid dienone is 2. The van der Waals surface area contributed by atoms with Crippen LogP contribution in [0.1, 0.15) is 90.7 Å². The number of benzene rings is 1. The van der Waals surface area contributed by atoms with Crippen LogP contribution in [0.5, 0.6) is 0 Å². The van der Waals surface area contributed by atoms with E-state index in [9.17, 15) is 33.1 Å². The number of hydrogen-bond acceptors (Lipinski definition) is 6. The number of aliphatic carboxylic acids is 1. The molecule has 0 bridgehead atoms. The van der Waals surface area contributed by atoms with Crippen LogP contribution in [-0.2, 0) is 27.8 Å². The molecule has 1 aliphatic heterocycles. The van der Waals surface area contributed by atoms with E-state index in [1.54, 1.807) is 0 Å². The summed E-state index contributed by atoms with van der Waals surface area (Å²) in [4.78, 5) is 25.9. The van der Waals surface area contributed by atoms with Crippen molar-refractivity contribution in [2.45, 2.75) is 88.3 Å². The number of rotatable bonds is 6. The molecular weight excluding hydrogens is 613 g/mol. The molecule has 1 aromatic carbocycles. The van der Waals surface area contributed by atoms with Crippen molar-refractivity contribution in [3.8, 4) is 0 Å². The fourth-order valence-electron chi connectivity index (χ4n) is 7.16. The average Bonchev–Trinajstić information content (AvgIpc) is 3.73. The number of carbonyl (C=O) groups excluding carboxylic acids is 1. The zero-order chi connectivity index (χ0) is 31.9. The number of halogens is 4. The number of quaternary nitrogens is 1. The molecule has 3 atom stereocenters. The van der Waals surface area contributed by atoms with E-state index in [0.29, 0.717) is 69.8 Å². The molecule has 1 saturated heterocycles. The maximum Gasteiger partial charge on any atom is 0.398 e. The standard InChI is InChI=1S/C32H38ClF3N4O5/c33-25-6-3-5-24(31(13-14-31)32(34,35)36)27(25)29(41)39-26-19-22(40(44)38-15-1-2-17-45-18-4-16-38)11-12-23(26)28(37-39)20-7-9-21(10-8-20)30(42)43/h3,5-7,21-22,40H,1-2,4,8-19H2,(H,42,43)/t21-,22+/m0/s1. The third-order valence-electron chi connectivity index (χ3n) is 9.91. The van der Waals surface area contributed by atoms with Gasteiger partial charge in [-0.3, -0.25) is 14.8 Å². The van der Waals surface area contributed by atoms with Crippen LogP contribution in [0, 0.1) is 11.1 Å². The second kappa shape index (κ2) is 12.8. The Kier molecular flexibility index (Phi) is 9.15. The van der Waals surface area contributed by atoms with Gasteiger partial charge in [0.1, 0.15) is 6.04 Å². The minimum atomic E-state index is -4.55. The Hall–Kier alpha value is -2.77. The van der Waals surface area contributed by atoms with E-state index in [1.165, 1.54) is 22.9 Å². The molecular formula is C32H38ClF3N4O5. The molecule has 3 aliphatic carbocycles. The largest absolute Gasteiger partial charge is 0.613 e. The summed E-state index contributed by atoms with van der Waals surface area (Å²) in [6, 6.07) is 3.76. The van der Waals surface area contributed by atoms with Gasteiger partial charge in [0.2, 0.25) is 0 Å². The zero-order valence-electron chi connectivity index (χ0n) is 25.0. The van der Waals surface area contributed by atoms with Crippen molar-refractivity contribution in [1.82, 2.24) is 14.8 Å². The number of carbonyl (C=O) groups is 2. The van der Waals surface area contributed by atoms with Crippen LogP contribution in [0.25, 0.3) is 5.57 Å². The lowest BCUT2D eigenvalue weighted by Crippen LogP contribution is -3.18. The Morgan fingerprint density at radius 3 is 2.56 bits per heavy atom. The smallest absolute Gasteiger partial charge is 0.398 e. The van der Waals surface area contributed by atoms with Gasteiger partial charge in [-0.05, 0) is 75.0 Å². The first-order chi connectivity index (χ1) is 21.5. The van der Waals surface area contributed by atoms with Gasteiger partial charge in [-0.1, -0.05) is 29.8 Å². The Bertz CT molecular complexity index is 1480. The fourth-order valence-corrected chi connectivity index (χ4v) is 7.41. The number of fused-ring (bicyclic) bond motifs is 1. The number of nitrogens with one attached hydrogen (secondary N) is 1. The Morgan fingerprint density at radius 1 is 1.11 bits per heavy atom. The van der Waals surface area contributed by atoms with Gasteiger partial charge in [0.25, 0.3) is 5.91 Å². The number of carboxylic acid groups (broad SMARTS) is 1. The molecule has 4 aliphatic rings. The highest BCUT2D eigenvalue weighted by Crippen LogP contribution is 2.60. The molecule has 2 fully saturated rings. The maximum atomic E-state index is 14.3. The molecule has 1 unspecified atom stereocenters. The van der Waals surface area contributed by atoms with Crippen molar-refractivity contribution >= 4 is 29.1 Å². The summed E-state index contributed by atoms with van der Waals surface area (Å²) >= 11 is 6.50. The summed E-state index contributed by atoms with van der Waals surface area (Å²) in [7, 11) is 0. The summed E-state index contributed by atoms with van der Waals surface area (Å²) in [5.41, 5.74) is 0.159. The zero-order valence-corrected chi connectivity index (χ0v) is 25.8. The summed E-state index contributed by atoms with van der Waals surface area (Å²) in [5.74, 6) is -2.13. The van der Waals surface area contributed by atoms with Crippen molar-refractivity contribution in [1.29, 1.82) is 0 Å². The second-order valence-corrected chi connectivity index (χ2v) is 13.1. The monoisotopic (exact) mass is 650 g/mol. The van der Waals surface area contributed by atoms with Gasteiger partial charge in [-0.2, -0.15) is 28.0 Å². The van der Waals surface area contributed by atoms with E-state index in [2.05, 4.69) is 0 Å². The average molecular weight is 651 g/mol. The quantitative estimate of drug-likeness (QED) is 0.434. The molecule has 0 radical (unpaired) electrons. The third kappa shape index (κ3) is 6.19. The number of nitrogens with zero attached hydrogens (tertiary/aromatic N) is 3. The van der Waals surface area contributed by atoms with Crippen LogP contribution in [0.3, 0.4) is 0 Å². The van der Waals surface area contributed by atoms with E-state index in [1.807, 2.05) is 11.1 Å². The van der Waals surface area contributed by atoms with Crippen molar-refractivity contribution in [2.24, 2.45) is 5.92 Å². The molecule has 1 saturated carbocycles. The highest BCUT2D eigenvalue weighted by molar-refractivity contribution is 6.34. The molecule has 0 amide bonds. The summed E-state index contributed by atoms with van der Waals surface area (Å²) in [6.45, 7) is 2.45. The molecule has 2 aromatic rings. The number of carboxylic acids is 1. The topological polar surface area (TPSA) is 112 Å². The number of aromatic nitrogens is 2. The molecule has 13 heteroatoms. The second-order valence-electron chi connectivity index (χ2n) is 12.7. The van der Waals surface area contributed by atoms with Crippen LogP contribution >= 0.6 is 11.6 Å². The van der Waals surface area contributed by atoms with Crippen LogP contribution in [0.15, 0.2) is 24.3 Å². The summed E-state index contributed by atoms with van der Waals surface area (Å²) in [6.07, 6.45) is 1.85. The van der Waals surface area contributed by atoms with E-state index in [0.717, 1.165) is 30.4 Å². The highest BCUT2D eigenvalue weighted by atomic mass is 35.5. The van der Waals surface area contributed by atoms with Gasteiger partial charge >= 0.3 is 12.1 Å². The van der Waals surface area contributed by atoms with Crippen molar-refractivity contribution in [3.05, 3.63) is 62.6 Å². The van der Waals surface area contributed by atoms with Gasteiger partial charge in [-0.15, -0.1) is 0 Å². The van der Waals surface area contributed by atoms with Gasteiger partial charge in [0.05, 0.1) is 33.3 Å². The van der Waals surface area contributed by atoms with E-state index in [-0.39, 0.29) is 40.6 Å². The molecule has 2 N–H and O–H groups in total. The van der Waals surface area contributed by atoms with Gasteiger partial charge in [0, 0.05) is 44.7 Å². The maximum absolute atomic E-state index is 14.3. The molecule has 244 valence electrons.